The maximum atomic E-state index is 2.34. The van der Waals surface area contributed by atoms with Crippen molar-refractivity contribution >= 4 is 0 Å². The highest BCUT2D eigenvalue weighted by molar-refractivity contribution is 5.38. The Kier molecular flexibility index (Phi) is 1.26. The van der Waals surface area contributed by atoms with Crippen LogP contribution in [0, 0.1) is 5.92 Å². The van der Waals surface area contributed by atoms with E-state index in [0.717, 1.165) is 12.3 Å². The van der Waals surface area contributed by atoms with Gasteiger partial charge in [-0.3, -0.25) is 0 Å². The first-order chi connectivity index (χ1) is 4.86. The lowest BCUT2D eigenvalue weighted by molar-refractivity contribution is 0.789. The van der Waals surface area contributed by atoms with Gasteiger partial charge in [0.05, 0.1) is 0 Å². The van der Waals surface area contributed by atoms with E-state index in [0.29, 0.717) is 0 Å². The third kappa shape index (κ3) is 0.841. The van der Waals surface area contributed by atoms with Gasteiger partial charge in [0.25, 0.3) is 0 Å². The SMILES string of the molecule is CC1=CC2=CCC=CC2C1. The van der Waals surface area contributed by atoms with Crippen molar-refractivity contribution in [3.05, 3.63) is 35.5 Å². The third-order valence-corrected chi connectivity index (χ3v) is 2.24. The fourth-order valence-electron chi connectivity index (χ4n) is 1.75. The van der Waals surface area contributed by atoms with Gasteiger partial charge in [-0.05, 0) is 25.3 Å². The summed E-state index contributed by atoms with van der Waals surface area (Å²) in [7, 11) is 0. The molecular formula is C10H12. The van der Waals surface area contributed by atoms with E-state index in [2.05, 4.69) is 31.2 Å². The lowest BCUT2D eigenvalue weighted by Gasteiger charge is -2.09. The molecule has 0 nitrogen and oxygen atoms in total. The van der Waals surface area contributed by atoms with Crippen LogP contribution in [0.3, 0.4) is 0 Å². The van der Waals surface area contributed by atoms with Crippen molar-refractivity contribution in [2.75, 3.05) is 0 Å². The Morgan fingerprint density at radius 3 is 3.20 bits per heavy atom. The van der Waals surface area contributed by atoms with Crippen LogP contribution in [0.5, 0.6) is 0 Å². The Balaban J connectivity index is 2.29. The summed E-state index contributed by atoms with van der Waals surface area (Å²) < 4.78 is 0. The minimum atomic E-state index is 0.730. The molecule has 1 unspecified atom stereocenters. The summed E-state index contributed by atoms with van der Waals surface area (Å²) in [5.41, 5.74) is 3.07. The average molecular weight is 132 g/mol. The van der Waals surface area contributed by atoms with Crippen LogP contribution in [-0.2, 0) is 0 Å². The van der Waals surface area contributed by atoms with Crippen molar-refractivity contribution in [3.8, 4) is 0 Å². The van der Waals surface area contributed by atoms with E-state index in [1.807, 2.05) is 0 Å². The van der Waals surface area contributed by atoms with Crippen LogP contribution in [0.25, 0.3) is 0 Å². The molecule has 0 aliphatic heterocycles. The van der Waals surface area contributed by atoms with Gasteiger partial charge in [-0.15, -0.1) is 0 Å². The fraction of sp³-hybridized carbons (Fsp3) is 0.400. The number of hydrogen-bond donors (Lipinski definition) is 0. The summed E-state index contributed by atoms with van der Waals surface area (Å²) in [5, 5.41) is 0. The quantitative estimate of drug-likeness (QED) is 0.444. The molecule has 0 fully saturated rings. The van der Waals surface area contributed by atoms with Gasteiger partial charge in [0.1, 0.15) is 0 Å². The molecule has 0 saturated heterocycles. The number of rotatable bonds is 0. The lowest BCUT2D eigenvalue weighted by Crippen LogP contribution is -1.95. The molecule has 0 N–H and O–H groups in total. The molecule has 0 aromatic heterocycles. The molecule has 0 radical (unpaired) electrons. The van der Waals surface area contributed by atoms with Gasteiger partial charge < -0.3 is 0 Å². The molecule has 0 bridgehead atoms. The van der Waals surface area contributed by atoms with Crippen LogP contribution >= 0.6 is 0 Å². The summed E-state index contributed by atoms with van der Waals surface area (Å²) in [4.78, 5) is 0. The summed E-state index contributed by atoms with van der Waals surface area (Å²) in [5.74, 6) is 0.730. The second kappa shape index (κ2) is 2.12. The van der Waals surface area contributed by atoms with Crippen LogP contribution < -0.4 is 0 Å². The summed E-state index contributed by atoms with van der Waals surface area (Å²) in [6.45, 7) is 2.22. The van der Waals surface area contributed by atoms with Crippen LogP contribution in [0.15, 0.2) is 35.5 Å². The Hall–Kier alpha value is -0.780. The van der Waals surface area contributed by atoms with Crippen LogP contribution in [0.1, 0.15) is 19.8 Å². The molecule has 10 heavy (non-hydrogen) atoms. The van der Waals surface area contributed by atoms with Gasteiger partial charge in [-0.2, -0.15) is 0 Å². The average Bonchev–Trinajstić information content (AvgIpc) is 2.27. The lowest BCUT2D eigenvalue weighted by atomic mass is 9.96. The highest BCUT2D eigenvalue weighted by Gasteiger charge is 2.17. The second-order valence-corrected chi connectivity index (χ2v) is 3.17. The van der Waals surface area contributed by atoms with Crippen molar-refractivity contribution in [3.63, 3.8) is 0 Å². The summed E-state index contributed by atoms with van der Waals surface area (Å²) >= 11 is 0. The normalized spacial score (nSPS) is 29.5. The Morgan fingerprint density at radius 1 is 1.50 bits per heavy atom. The van der Waals surface area contributed by atoms with Crippen molar-refractivity contribution in [1.82, 2.24) is 0 Å². The fourth-order valence-corrected chi connectivity index (χ4v) is 1.75. The van der Waals surface area contributed by atoms with Crippen LogP contribution in [-0.4, -0.2) is 0 Å². The molecule has 2 aliphatic rings. The maximum Gasteiger partial charge on any atom is 0.00522 e. The van der Waals surface area contributed by atoms with Crippen LogP contribution in [0.2, 0.25) is 0 Å². The molecule has 0 aromatic carbocycles. The molecule has 0 heteroatoms. The van der Waals surface area contributed by atoms with Gasteiger partial charge in [0.15, 0.2) is 0 Å². The predicted octanol–water partition coefficient (Wildman–Crippen LogP) is 2.84. The molecule has 2 aliphatic carbocycles. The first kappa shape index (κ1) is 5.96. The molecule has 0 aromatic rings. The van der Waals surface area contributed by atoms with Crippen molar-refractivity contribution < 1.29 is 0 Å². The topological polar surface area (TPSA) is 0 Å². The van der Waals surface area contributed by atoms with E-state index in [4.69, 9.17) is 0 Å². The highest BCUT2D eigenvalue weighted by atomic mass is 14.2. The molecule has 52 valence electrons. The third-order valence-electron chi connectivity index (χ3n) is 2.24. The zero-order valence-electron chi connectivity index (χ0n) is 6.30. The Labute approximate surface area is 61.9 Å². The standard InChI is InChI=1S/C10H12/c1-8-6-9-4-2-3-5-10(9)7-8/h2,4-5,7,9H,3,6H2,1H3. The summed E-state index contributed by atoms with van der Waals surface area (Å²) in [6.07, 6.45) is 11.6. The largest absolute Gasteiger partial charge is 0.0841 e. The highest BCUT2D eigenvalue weighted by Crippen LogP contribution is 2.33. The summed E-state index contributed by atoms with van der Waals surface area (Å²) in [6, 6.07) is 0. The number of allylic oxidation sites excluding steroid dienone is 6. The Morgan fingerprint density at radius 2 is 2.40 bits per heavy atom. The molecule has 0 saturated carbocycles. The van der Waals surface area contributed by atoms with Gasteiger partial charge in [-0.25, -0.2) is 0 Å². The molecule has 0 amide bonds. The molecule has 0 spiro atoms. The van der Waals surface area contributed by atoms with Crippen molar-refractivity contribution in [2.45, 2.75) is 19.8 Å². The molecule has 2 rings (SSSR count). The molecule has 1 atom stereocenters. The van der Waals surface area contributed by atoms with Crippen molar-refractivity contribution in [1.29, 1.82) is 0 Å². The van der Waals surface area contributed by atoms with Gasteiger partial charge in [-0.1, -0.05) is 29.9 Å². The zero-order chi connectivity index (χ0) is 6.97. The first-order valence-corrected chi connectivity index (χ1v) is 3.90. The van der Waals surface area contributed by atoms with Gasteiger partial charge in [0.2, 0.25) is 0 Å². The van der Waals surface area contributed by atoms with Gasteiger partial charge in [0, 0.05) is 5.92 Å². The van der Waals surface area contributed by atoms with Crippen LogP contribution in [0.4, 0.5) is 0 Å². The van der Waals surface area contributed by atoms with E-state index in [1.54, 1.807) is 5.57 Å². The minimum absolute atomic E-state index is 0.730. The van der Waals surface area contributed by atoms with E-state index in [1.165, 1.54) is 12.0 Å². The van der Waals surface area contributed by atoms with E-state index in [-0.39, 0.29) is 0 Å². The second-order valence-electron chi connectivity index (χ2n) is 3.17. The monoisotopic (exact) mass is 132 g/mol. The first-order valence-electron chi connectivity index (χ1n) is 3.90. The van der Waals surface area contributed by atoms with Gasteiger partial charge >= 0.3 is 0 Å². The zero-order valence-corrected chi connectivity index (χ0v) is 6.30. The number of hydrogen-bond acceptors (Lipinski definition) is 0. The smallest absolute Gasteiger partial charge is 0.00522 e. The van der Waals surface area contributed by atoms with E-state index in [9.17, 15) is 0 Å². The van der Waals surface area contributed by atoms with E-state index >= 15 is 0 Å². The predicted molar refractivity (Wildman–Crippen MR) is 43.7 cm³/mol. The Bertz CT molecular complexity index is 228. The molecular weight excluding hydrogens is 120 g/mol. The molecule has 0 heterocycles. The van der Waals surface area contributed by atoms with Crippen molar-refractivity contribution in [2.24, 2.45) is 5.92 Å². The minimum Gasteiger partial charge on any atom is -0.0841 e. The maximum absolute atomic E-state index is 2.34. The number of fused-ring (bicyclic) bond motifs is 1. The van der Waals surface area contributed by atoms with E-state index < -0.39 is 0 Å².